The first kappa shape index (κ1) is 14.0. The summed E-state index contributed by atoms with van der Waals surface area (Å²) in [6.07, 6.45) is 0. The predicted molar refractivity (Wildman–Crippen MR) is 79.5 cm³/mol. The monoisotopic (exact) mass is 281 g/mol. The summed E-state index contributed by atoms with van der Waals surface area (Å²) in [6, 6.07) is 2.25. The maximum Gasteiger partial charge on any atom is 0.240 e. The fourth-order valence-electron chi connectivity index (χ4n) is 1.79. The van der Waals surface area contributed by atoms with Gasteiger partial charge in [0.1, 0.15) is 10.6 Å². The molecule has 0 spiro atoms. The average molecular weight is 281 g/mol. The van der Waals surface area contributed by atoms with Crippen LogP contribution in [-0.2, 0) is 4.74 Å². The summed E-state index contributed by atoms with van der Waals surface area (Å²) in [5.41, 5.74) is 2.50. The van der Waals surface area contributed by atoms with Gasteiger partial charge in [-0.2, -0.15) is 4.98 Å². The van der Waals surface area contributed by atoms with Crippen LogP contribution in [0.25, 0.3) is 10.2 Å². The van der Waals surface area contributed by atoms with Crippen LogP contribution < -0.4 is 16.6 Å². The molecule has 2 aromatic heterocycles. The molecule has 2 rings (SSSR count). The quantitative estimate of drug-likeness (QED) is 0.555. The Kier molecular flexibility index (Phi) is 4.52. The van der Waals surface area contributed by atoms with Crippen LogP contribution in [0.1, 0.15) is 18.7 Å². The van der Waals surface area contributed by atoms with Gasteiger partial charge in [0.2, 0.25) is 5.95 Å². The van der Waals surface area contributed by atoms with Crippen LogP contribution in [-0.4, -0.2) is 29.2 Å². The summed E-state index contributed by atoms with van der Waals surface area (Å²) in [4.78, 5) is 10.8. The third-order valence-electron chi connectivity index (χ3n) is 2.60. The molecule has 6 nitrogen and oxygen atoms in total. The molecule has 1 atom stereocenters. The molecule has 7 heteroatoms. The smallest absolute Gasteiger partial charge is 0.240 e. The molecule has 104 valence electrons. The van der Waals surface area contributed by atoms with Crippen LogP contribution >= 0.6 is 11.3 Å². The fraction of sp³-hybridized carbons (Fsp3) is 0.500. The van der Waals surface area contributed by atoms with Gasteiger partial charge in [0.15, 0.2) is 0 Å². The molecular formula is C12H19N5OS. The lowest BCUT2D eigenvalue weighted by Gasteiger charge is -2.15. The minimum atomic E-state index is 0.170. The highest BCUT2D eigenvalue weighted by molar-refractivity contribution is 7.18. The largest absolute Gasteiger partial charge is 0.380 e. The van der Waals surface area contributed by atoms with Gasteiger partial charge in [0.05, 0.1) is 12.0 Å². The van der Waals surface area contributed by atoms with E-state index in [0.717, 1.165) is 16.0 Å². The molecule has 0 amide bonds. The second kappa shape index (κ2) is 6.14. The third-order valence-corrected chi connectivity index (χ3v) is 3.54. The predicted octanol–water partition coefficient (Wildman–Crippen LogP) is 2.12. The van der Waals surface area contributed by atoms with Crippen LogP contribution in [0.5, 0.6) is 0 Å². The van der Waals surface area contributed by atoms with Crippen molar-refractivity contribution >= 4 is 33.3 Å². The highest BCUT2D eigenvalue weighted by Gasteiger charge is 2.12. The van der Waals surface area contributed by atoms with E-state index in [0.29, 0.717) is 19.2 Å². The Morgan fingerprint density at radius 1 is 1.47 bits per heavy atom. The van der Waals surface area contributed by atoms with E-state index in [1.807, 2.05) is 6.92 Å². The highest BCUT2D eigenvalue weighted by atomic mass is 32.1. The topological polar surface area (TPSA) is 85.1 Å². The molecule has 4 N–H and O–H groups in total. The Labute approximate surface area is 116 Å². The van der Waals surface area contributed by atoms with Gasteiger partial charge < -0.3 is 10.1 Å². The Morgan fingerprint density at radius 2 is 2.26 bits per heavy atom. The summed E-state index contributed by atoms with van der Waals surface area (Å²) < 4.78 is 5.40. The van der Waals surface area contributed by atoms with Crippen LogP contribution in [0.4, 0.5) is 11.8 Å². The molecule has 0 aliphatic carbocycles. The lowest BCUT2D eigenvalue weighted by Crippen LogP contribution is -2.23. The zero-order chi connectivity index (χ0) is 13.8. The number of nitrogen functional groups attached to an aromatic ring is 1. The number of hydrazine groups is 1. The third kappa shape index (κ3) is 3.31. The number of hydrogen-bond donors (Lipinski definition) is 3. The maximum atomic E-state index is 5.40. The van der Waals surface area contributed by atoms with Crippen molar-refractivity contribution in [3.05, 3.63) is 10.9 Å². The second-order valence-electron chi connectivity index (χ2n) is 4.32. The normalized spacial score (nSPS) is 12.6. The number of rotatable bonds is 6. The van der Waals surface area contributed by atoms with Gasteiger partial charge >= 0.3 is 0 Å². The van der Waals surface area contributed by atoms with Gasteiger partial charge in [0, 0.05) is 17.5 Å². The first-order valence-electron chi connectivity index (χ1n) is 6.23. The van der Waals surface area contributed by atoms with Crippen molar-refractivity contribution in [3.63, 3.8) is 0 Å². The van der Waals surface area contributed by atoms with Crippen molar-refractivity contribution in [2.45, 2.75) is 26.8 Å². The van der Waals surface area contributed by atoms with Gasteiger partial charge in [0.25, 0.3) is 0 Å². The average Bonchev–Trinajstić information content (AvgIpc) is 2.76. The Hall–Kier alpha value is -1.44. The Morgan fingerprint density at radius 3 is 2.95 bits per heavy atom. The van der Waals surface area contributed by atoms with Gasteiger partial charge in [-0.3, -0.25) is 5.43 Å². The molecule has 0 saturated carbocycles. The number of thiophene rings is 1. The van der Waals surface area contributed by atoms with E-state index in [1.165, 1.54) is 4.88 Å². The summed E-state index contributed by atoms with van der Waals surface area (Å²) >= 11 is 1.62. The number of hydrogen-bond acceptors (Lipinski definition) is 7. The van der Waals surface area contributed by atoms with Crippen molar-refractivity contribution in [2.75, 3.05) is 24.0 Å². The highest BCUT2D eigenvalue weighted by Crippen LogP contribution is 2.29. The number of nitrogens with zero attached hydrogens (tertiary/aromatic N) is 2. The number of aryl methyl sites for hydroxylation is 1. The van der Waals surface area contributed by atoms with E-state index in [2.05, 4.69) is 40.6 Å². The van der Waals surface area contributed by atoms with E-state index in [9.17, 15) is 0 Å². The molecular weight excluding hydrogens is 262 g/mol. The first-order valence-corrected chi connectivity index (χ1v) is 7.04. The molecule has 0 aromatic carbocycles. The molecule has 0 radical (unpaired) electrons. The van der Waals surface area contributed by atoms with E-state index in [4.69, 9.17) is 10.6 Å². The summed E-state index contributed by atoms with van der Waals surface area (Å²) in [5.74, 6) is 6.61. The number of fused-ring (bicyclic) bond motifs is 1. The number of nitrogens with two attached hydrogens (primary N) is 1. The fourth-order valence-corrected chi connectivity index (χ4v) is 2.67. The van der Waals surface area contributed by atoms with Crippen molar-refractivity contribution in [2.24, 2.45) is 5.84 Å². The molecule has 19 heavy (non-hydrogen) atoms. The molecule has 2 heterocycles. The van der Waals surface area contributed by atoms with E-state index in [1.54, 1.807) is 11.3 Å². The minimum absolute atomic E-state index is 0.170. The van der Waals surface area contributed by atoms with Crippen molar-refractivity contribution in [1.82, 2.24) is 9.97 Å². The van der Waals surface area contributed by atoms with Crippen molar-refractivity contribution < 1.29 is 4.74 Å². The number of anilines is 2. The maximum absolute atomic E-state index is 5.40. The standard InChI is InChI=1S/C12H19N5OS/c1-4-18-6-7(2)14-10-9-5-8(3)19-11(9)16-12(15-10)17-13/h5,7H,4,6,13H2,1-3H3,(H2,14,15,16,17). The second-order valence-corrected chi connectivity index (χ2v) is 5.56. The zero-order valence-electron chi connectivity index (χ0n) is 11.4. The van der Waals surface area contributed by atoms with Crippen molar-refractivity contribution in [3.8, 4) is 0 Å². The van der Waals surface area contributed by atoms with Gasteiger partial charge in [-0.25, -0.2) is 10.8 Å². The summed E-state index contributed by atoms with van der Waals surface area (Å²) in [6.45, 7) is 7.43. The van der Waals surface area contributed by atoms with Crippen molar-refractivity contribution in [1.29, 1.82) is 0 Å². The molecule has 0 bridgehead atoms. The minimum Gasteiger partial charge on any atom is -0.380 e. The van der Waals surface area contributed by atoms with Crippen LogP contribution in [0.15, 0.2) is 6.07 Å². The molecule has 1 unspecified atom stereocenters. The van der Waals surface area contributed by atoms with E-state index < -0.39 is 0 Å². The number of nitrogens with one attached hydrogen (secondary N) is 2. The van der Waals surface area contributed by atoms with Gasteiger partial charge in [-0.05, 0) is 26.8 Å². The van der Waals surface area contributed by atoms with Crippen LogP contribution in [0.3, 0.4) is 0 Å². The Bertz CT molecular complexity index is 556. The Balaban J connectivity index is 2.29. The first-order chi connectivity index (χ1) is 9.13. The molecule has 0 aliphatic rings. The van der Waals surface area contributed by atoms with E-state index in [-0.39, 0.29) is 6.04 Å². The van der Waals surface area contributed by atoms with E-state index >= 15 is 0 Å². The lowest BCUT2D eigenvalue weighted by atomic mass is 10.3. The summed E-state index contributed by atoms with van der Waals surface area (Å²) in [5, 5.41) is 4.36. The molecule has 0 aliphatic heterocycles. The van der Waals surface area contributed by atoms with Crippen LogP contribution in [0, 0.1) is 6.92 Å². The van der Waals surface area contributed by atoms with Crippen LogP contribution in [0.2, 0.25) is 0 Å². The van der Waals surface area contributed by atoms with Gasteiger partial charge in [-0.1, -0.05) is 0 Å². The molecule has 0 saturated heterocycles. The molecule has 0 fully saturated rings. The number of ether oxygens (including phenoxy) is 1. The SMILES string of the molecule is CCOCC(C)Nc1nc(NN)nc2sc(C)cc12. The zero-order valence-corrected chi connectivity index (χ0v) is 12.2. The summed E-state index contributed by atoms with van der Waals surface area (Å²) in [7, 11) is 0. The number of aromatic nitrogens is 2. The van der Waals surface area contributed by atoms with Gasteiger partial charge in [-0.15, -0.1) is 11.3 Å². The lowest BCUT2D eigenvalue weighted by molar-refractivity contribution is 0.141. The molecule has 2 aromatic rings.